The lowest BCUT2D eigenvalue weighted by molar-refractivity contribution is 0.0787. The summed E-state index contributed by atoms with van der Waals surface area (Å²) in [5.41, 5.74) is 0.999. The molecule has 0 atom stereocenters. The Kier molecular flexibility index (Phi) is 3.57. The van der Waals surface area contributed by atoms with E-state index in [2.05, 4.69) is 9.88 Å². The molecular weight excluding hydrogens is 212 g/mol. The lowest BCUT2D eigenvalue weighted by Crippen LogP contribution is -2.35. The van der Waals surface area contributed by atoms with Gasteiger partial charge in [-0.25, -0.2) is 4.98 Å². The fraction of sp³-hybridized carbons (Fsp3) is 0.545. The highest BCUT2D eigenvalue weighted by Gasteiger charge is 2.17. The molecule has 0 bridgehead atoms. The highest BCUT2D eigenvalue weighted by molar-refractivity contribution is 6.29. The number of hydrogen-bond donors (Lipinski definition) is 1. The molecule has 0 spiro atoms. The van der Waals surface area contributed by atoms with E-state index in [1.54, 1.807) is 6.07 Å². The average molecular weight is 227 g/mol. The summed E-state index contributed by atoms with van der Waals surface area (Å²) in [5.74, 6) is 0. The minimum absolute atomic E-state index is 0.117. The summed E-state index contributed by atoms with van der Waals surface area (Å²) in [5, 5.41) is 9.92. The highest BCUT2D eigenvalue weighted by Crippen LogP contribution is 2.13. The summed E-state index contributed by atoms with van der Waals surface area (Å²) in [6.07, 6.45) is 1.61. The molecule has 15 heavy (non-hydrogen) atoms. The smallest absolute Gasteiger partial charge is 0.129 e. The second-order valence-electron chi connectivity index (χ2n) is 3.96. The molecule has 0 aromatic carbocycles. The summed E-state index contributed by atoms with van der Waals surface area (Å²) < 4.78 is 0. The van der Waals surface area contributed by atoms with Crippen LogP contribution < -0.4 is 0 Å². The van der Waals surface area contributed by atoms with Crippen molar-refractivity contribution in [3.63, 3.8) is 0 Å². The maximum absolute atomic E-state index is 9.37. The third-order valence-electron chi connectivity index (χ3n) is 2.72. The van der Waals surface area contributed by atoms with Crippen LogP contribution in [0.5, 0.6) is 0 Å². The Hall–Kier alpha value is -0.640. The first-order valence-corrected chi connectivity index (χ1v) is 5.64. The molecule has 0 saturated carbocycles. The fourth-order valence-corrected chi connectivity index (χ4v) is 2.03. The van der Waals surface area contributed by atoms with Crippen molar-refractivity contribution >= 4 is 11.6 Å². The second kappa shape index (κ2) is 4.92. The first-order valence-electron chi connectivity index (χ1n) is 5.26. The van der Waals surface area contributed by atoms with Crippen molar-refractivity contribution in [2.24, 2.45) is 0 Å². The first-order chi connectivity index (χ1) is 7.24. The van der Waals surface area contributed by atoms with Gasteiger partial charge in [0.25, 0.3) is 0 Å². The number of piperidine rings is 1. The van der Waals surface area contributed by atoms with Gasteiger partial charge in [0.1, 0.15) is 5.15 Å². The largest absolute Gasteiger partial charge is 0.393 e. The lowest BCUT2D eigenvalue weighted by Gasteiger charge is -2.29. The van der Waals surface area contributed by atoms with Crippen LogP contribution in [0.25, 0.3) is 0 Å². The van der Waals surface area contributed by atoms with Crippen LogP contribution >= 0.6 is 11.6 Å². The Morgan fingerprint density at radius 1 is 1.40 bits per heavy atom. The van der Waals surface area contributed by atoms with Gasteiger partial charge in [-0.2, -0.15) is 0 Å². The number of aliphatic hydroxyl groups is 1. The molecule has 0 aliphatic carbocycles. The Bertz CT molecular complexity index is 324. The number of aromatic nitrogens is 1. The van der Waals surface area contributed by atoms with Crippen molar-refractivity contribution in [2.75, 3.05) is 13.1 Å². The maximum atomic E-state index is 9.37. The molecule has 1 fully saturated rings. The van der Waals surface area contributed by atoms with Crippen LogP contribution in [0.4, 0.5) is 0 Å². The van der Waals surface area contributed by atoms with Gasteiger partial charge in [-0.3, -0.25) is 4.90 Å². The molecule has 1 aromatic heterocycles. The number of nitrogens with zero attached hydrogens (tertiary/aromatic N) is 2. The normalized spacial score (nSPS) is 19.3. The number of rotatable bonds is 2. The molecule has 0 radical (unpaired) electrons. The summed E-state index contributed by atoms with van der Waals surface area (Å²) in [4.78, 5) is 6.54. The monoisotopic (exact) mass is 226 g/mol. The van der Waals surface area contributed by atoms with E-state index >= 15 is 0 Å². The Labute approximate surface area is 94.7 Å². The number of pyridine rings is 1. The molecular formula is C11H15ClN2O. The highest BCUT2D eigenvalue weighted by atomic mass is 35.5. The van der Waals surface area contributed by atoms with Crippen LogP contribution in [0.1, 0.15) is 18.5 Å². The van der Waals surface area contributed by atoms with E-state index in [9.17, 15) is 5.11 Å². The quantitative estimate of drug-likeness (QED) is 0.780. The van der Waals surface area contributed by atoms with E-state index in [1.807, 2.05) is 12.1 Å². The van der Waals surface area contributed by atoms with Crippen molar-refractivity contribution in [1.29, 1.82) is 0 Å². The first kappa shape index (κ1) is 10.9. The van der Waals surface area contributed by atoms with E-state index in [0.29, 0.717) is 5.15 Å². The zero-order valence-electron chi connectivity index (χ0n) is 8.56. The van der Waals surface area contributed by atoms with E-state index in [1.165, 1.54) is 0 Å². The van der Waals surface area contributed by atoms with Crippen LogP contribution in [0.3, 0.4) is 0 Å². The molecule has 2 heterocycles. The molecule has 4 heteroatoms. The number of halogens is 1. The molecule has 3 nitrogen and oxygen atoms in total. The van der Waals surface area contributed by atoms with Crippen LogP contribution in [0, 0.1) is 0 Å². The summed E-state index contributed by atoms with van der Waals surface area (Å²) in [6.45, 7) is 2.71. The predicted molar refractivity (Wildman–Crippen MR) is 59.8 cm³/mol. The molecule has 1 aliphatic rings. The number of aliphatic hydroxyl groups excluding tert-OH is 1. The number of likely N-dealkylation sites (tertiary alicyclic amines) is 1. The van der Waals surface area contributed by atoms with Gasteiger partial charge in [0.2, 0.25) is 0 Å². The zero-order valence-corrected chi connectivity index (χ0v) is 9.32. The van der Waals surface area contributed by atoms with Gasteiger partial charge in [-0.15, -0.1) is 0 Å². The Balaban J connectivity index is 1.92. The minimum Gasteiger partial charge on any atom is -0.393 e. The SMILES string of the molecule is OC1CCN(Cc2cccc(Cl)n2)CC1. The molecule has 0 unspecified atom stereocenters. The van der Waals surface area contributed by atoms with Crippen molar-refractivity contribution in [2.45, 2.75) is 25.5 Å². The fourth-order valence-electron chi connectivity index (χ4n) is 1.84. The van der Waals surface area contributed by atoms with Crippen LogP contribution in [0.2, 0.25) is 5.15 Å². The summed E-state index contributed by atoms with van der Waals surface area (Å²) >= 11 is 5.82. The predicted octanol–water partition coefficient (Wildman–Crippen LogP) is 1.69. The van der Waals surface area contributed by atoms with Crippen molar-refractivity contribution in [3.8, 4) is 0 Å². The third kappa shape index (κ3) is 3.16. The van der Waals surface area contributed by atoms with Gasteiger partial charge in [-0.1, -0.05) is 17.7 Å². The average Bonchev–Trinajstić information content (AvgIpc) is 2.22. The lowest BCUT2D eigenvalue weighted by atomic mass is 10.1. The Morgan fingerprint density at radius 3 is 2.80 bits per heavy atom. The topological polar surface area (TPSA) is 36.4 Å². The van der Waals surface area contributed by atoms with E-state index in [0.717, 1.165) is 38.2 Å². The molecule has 1 saturated heterocycles. The Morgan fingerprint density at radius 2 is 2.13 bits per heavy atom. The van der Waals surface area contributed by atoms with Crippen LogP contribution in [0.15, 0.2) is 18.2 Å². The van der Waals surface area contributed by atoms with Gasteiger partial charge in [0.05, 0.1) is 11.8 Å². The van der Waals surface area contributed by atoms with Crippen LogP contribution in [-0.2, 0) is 6.54 Å². The summed E-state index contributed by atoms with van der Waals surface area (Å²) in [7, 11) is 0. The third-order valence-corrected chi connectivity index (χ3v) is 2.93. The van der Waals surface area contributed by atoms with Gasteiger partial charge < -0.3 is 5.11 Å². The van der Waals surface area contributed by atoms with Crippen molar-refractivity contribution in [1.82, 2.24) is 9.88 Å². The standard InChI is InChI=1S/C11H15ClN2O/c12-11-3-1-2-9(13-11)8-14-6-4-10(15)5-7-14/h1-3,10,15H,4-8H2. The van der Waals surface area contributed by atoms with Gasteiger partial charge in [-0.05, 0) is 25.0 Å². The summed E-state index contributed by atoms with van der Waals surface area (Å²) in [6, 6.07) is 5.69. The van der Waals surface area contributed by atoms with E-state index in [-0.39, 0.29) is 6.10 Å². The zero-order chi connectivity index (χ0) is 10.7. The van der Waals surface area contributed by atoms with Crippen LogP contribution in [-0.4, -0.2) is 34.2 Å². The maximum Gasteiger partial charge on any atom is 0.129 e. The molecule has 1 aliphatic heterocycles. The minimum atomic E-state index is -0.117. The van der Waals surface area contributed by atoms with Gasteiger partial charge >= 0.3 is 0 Å². The number of hydrogen-bond acceptors (Lipinski definition) is 3. The van der Waals surface area contributed by atoms with E-state index < -0.39 is 0 Å². The second-order valence-corrected chi connectivity index (χ2v) is 4.35. The van der Waals surface area contributed by atoms with Crippen molar-refractivity contribution in [3.05, 3.63) is 29.0 Å². The molecule has 0 amide bonds. The molecule has 1 N–H and O–H groups in total. The molecule has 2 rings (SSSR count). The van der Waals surface area contributed by atoms with Crippen molar-refractivity contribution < 1.29 is 5.11 Å². The van der Waals surface area contributed by atoms with Gasteiger partial charge in [0, 0.05) is 19.6 Å². The molecule has 82 valence electrons. The molecule has 1 aromatic rings. The van der Waals surface area contributed by atoms with E-state index in [4.69, 9.17) is 11.6 Å². The van der Waals surface area contributed by atoms with Gasteiger partial charge in [0.15, 0.2) is 0 Å².